The number of halogens is 2. The van der Waals surface area contributed by atoms with Crippen molar-refractivity contribution >= 4 is 5.91 Å². The molecule has 0 unspecified atom stereocenters. The minimum absolute atomic E-state index is 0.0962. The van der Waals surface area contributed by atoms with Crippen molar-refractivity contribution in [3.8, 4) is 5.75 Å². The Bertz CT molecular complexity index is 663. The third-order valence-electron chi connectivity index (χ3n) is 3.73. The lowest BCUT2D eigenvalue weighted by Crippen LogP contribution is -2.43. The van der Waals surface area contributed by atoms with E-state index in [2.05, 4.69) is 15.4 Å². The number of hydrogen-bond acceptors (Lipinski definition) is 3. The first-order chi connectivity index (χ1) is 12.0. The minimum Gasteiger partial charge on any atom is -0.435 e. The maximum Gasteiger partial charge on any atom is 0.387 e. The maximum absolute atomic E-state index is 12.3. The fourth-order valence-electron chi connectivity index (χ4n) is 2.53. The molecule has 0 saturated carbocycles. The molecule has 0 aliphatic heterocycles. The molecule has 0 radical (unpaired) electrons. The van der Waals surface area contributed by atoms with E-state index in [-0.39, 0.29) is 17.7 Å². The molecule has 2 aromatic carbocycles. The fraction of sp³-hybridized carbons (Fsp3) is 0.316. The van der Waals surface area contributed by atoms with Gasteiger partial charge in [-0.05, 0) is 37.1 Å². The van der Waals surface area contributed by atoms with Gasteiger partial charge in [0.1, 0.15) is 5.75 Å². The molecule has 0 saturated heterocycles. The van der Waals surface area contributed by atoms with Crippen LogP contribution in [0.3, 0.4) is 0 Å². The van der Waals surface area contributed by atoms with Gasteiger partial charge in [-0.25, -0.2) is 0 Å². The van der Waals surface area contributed by atoms with E-state index < -0.39 is 12.7 Å². The molecule has 25 heavy (non-hydrogen) atoms. The Labute approximate surface area is 146 Å². The predicted octanol–water partition coefficient (Wildman–Crippen LogP) is 3.49. The van der Waals surface area contributed by atoms with Crippen molar-refractivity contribution in [2.45, 2.75) is 32.5 Å². The third-order valence-corrected chi connectivity index (χ3v) is 3.73. The summed E-state index contributed by atoms with van der Waals surface area (Å²) in [5.74, 6) is 0.00317. The van der Waals surface area contributed by atoms with Crippen LogP contribution in [0.4, 0.5) is 8.78 Å². The summed E-state index contributed by atoms with van der Waals surface area (Å²) in [4.78, 5) is 12.0. The molecular formula is C19H22F2N2O2. The molecule has 1 amide bonds. The van der Waals surface area contributed by atoms with Gasteiger partial charge in [0.05, 0.1) is 12.1 Å². The van der Waals surface area contributed by atoms with Gasteiger partial charge in [-0.2, -0.15) is 8.78 Å². The second kappa shape index (κ2) is 9.13. The van der Waals surface area contributed by atoms with Gasteiger partial charge >= 0.3 is 6.61 Å². The maximum atomic E-state index is 12.3. The lowest BCUT2D eigenvalue weighted by molar-refractivity contribution is -0.122. The third kappa shape index (κ3) is 5.53. The molecule has 0 fully saturated rings. The van der Waals surface area contributed by atoms with Crippen LogP contribution in [0.25, 0.3) is 0 Å². The largest absolute Gasteiger partial charge is 0.435 e. The number of hydrogen-bond donors (Lipinski definition) is 2. The molecule has 0 heterocycles. The molecule has 0 spiro atoms. The second-order valence-electron chi connectivity index (χ2n) is 5.57. The number of carbonyl (C=O) groups excluding carboxylic acids is 1. The first kappa shape index (κ1) is 18.9. The molecule has 2 atom stereocenters. The van der Waals surface area contributed by atoms with E-state index in [9.17, 15) is 13.6 Å². The highest BCUT2D eigenvalue weighted by atomic mass is 19.3. The van der Waals surface area contributed by atoms with Gasteiger partial charge in [0.25, 0.3) is 0 Å². The summed E-state index contributed by atoms with van der Waals surface area (Å²) < 4.78 is 29.0. The van der Waals surface area contributed by atoms with Crippen molar-refractivity contribution in [2.24, 2.45) is 0 Å². The molecule has 134 valence electrons. The number of benzene rings is 2. The van der Waals surface area contributed by atoms with E-state index >= 15 is 0 Å². The number of carbonyl (C=O) groups is 1. The van der Waals surface area contributed by atoms with E-state index in [4.69, 9.17) is 0 Å². The number of likely N-dealkylation sites (N-methyl/N-ethyl adjacent to an activating group) is 1. The quantitative estimate of drug-likeness (QED) is 0.768. The summed E-state index contributed by atoms with van der Waals surface area (Å²) in [5, 5.41) is 6.07. The van der Waals surface area contributed by atoms with Gasteiger partial charge < -0.3 is 10.1 Å². The molecule has 2 N–H and O–H groups in total. The standard InChI is InChI=1S/C19H22F2N2O2/c1-3-22-18(24)13(2)23-17(14-7-5-4-6-8-14)15-9-11-16(12-10-15)25-19(20)21/h4-13,17,19,23H,3H2,1-2H3,(H,22,24)/t13-,17-/m1/s1. The Morgan fingerprint density at radius 2 is 1.64 bits per heavy atom. The minimum atomic E-state index is -2.85. The number of nitrogens with one attached hydrogen (secondary N) is 2. The molecule has 2 rings (SSSR count). The van der Waals surface area contributed by atoms with Crippen molar-refractivity contribution in [3.05, 3.63) is 65.7 Å². The number of alkyl halides is 2. The van der Waals surface area contributed by atoms with Crippen molar-refractivity contribution in [1.82, 2.24) is 10.6 Å². The van der Waals surface area contributed by atoms with Crippen molar-refractivity contribution < 1.29 is 18.3 Å². The van der Waals surface area contributed by atoms with Crippen LogP contribution in [0.15, 0.2) is 54.6 Å². The molecule has 0 bridgehead atoms. The molecule has 2 aromatic rings. The second-order valence-corrected chi connectivity index (χ2v) is 5.57. The van der Waals surface area contributed by atoms with Gasteiger partial charge in [-0.3, -0.25) is 10.1 Å². The lowest BCUT2D eigenvalue weighted by atomic mass is 9.97. The smallest absolute Gasteiger partial charge is 0.387 e. The summed E-state index contributed by atoms with van der Waals surface area (Å²) in [6.07, 6.45) is 0. The Hall–Kier alpha value is -2.47. The zero-order valence-corrected chi connectivity index (χ0v) is 14.2. The molecule has 0 aliphatic rings. The van der Waals surface area contributed by atoms with E-state index in [0.29, 0.717) is 6.54 Å². The molecule has 4 nitrogen and oxygen atoms in total. The Morgan fingerprint density at radius 3 is 2.20 bits per heavy atom. The summed E-state index contributed by atoms with van der Waals surface area (Å²) in [7, 11) is 0. The van der Waals surface area contributed by atoms with E-state index in [1.54, 1.807) is 19.1 Å². The molecule has 0 aliphatic carbocycles. The number of rotatable bonds is 8. The van der Waals surface area contributed by atoms with Crippen LogP contribution < -0.4 is 15.4 Å². The van der Waals surface area contributed by atoms with Gasteiger partial charge in [0.15, 0.2) is 0 Å². The van der Waals surface area contributed by atoms with Crippen LogP contribution in [0.2, 0.25) is 0 Å². The molecule has 6 heteroatoms. The van der Waals surface area contributed by atoms with Crippen LogP contribution in [0, 0.1) is 0 Å². The monoisotopic (exact) mass is 348 g/mol. The van der Waals surface area contributed by atoms with Gasteiger partial charge in [-0.15, -0.1) is 0 Å². The van der Waals surface area contributed by atoms with Crippen molar-refractivity contribution in [2.75, 3.05) is 6.54 Å². The number of ether oxygens (including phenoxy) is 1. The average Bonchev–Trinajstić information content (AvgIpc) is 2.61. The van der Waals surface area contributed by atoms with E-state index in [1.165, 1.54) is 12.1 Å². The van der Waals surface area contributed by atoms with E-state index in [0.717, 1.165) is 11.1 Å². The van der Waals surface area contributed by atoms with Gasteiger partial charge in [0, 0.05) is 6.54 Å². The highest BCUT2D eigenvalue weighted by molar-refractivity contribution is 5.81. The first-order valence-electron chi connectivity index (χ1n) is 8.14. The molecular weight excluding hydrogens is 326 g/mol. The predicted molar refractivity (Wildman–Crippen MR) is 92.6 cm³/mol. The lowest BCUT2D eigenvalue weighted by Gasteiger charge is -2.24. The van der Waals surface area contributed by atoms with Crippen LogP contribution in [-0.2, 0) is 4.79 Å². The first-order valence-corrected chi connectivity index (χ1v) is 8.14. The summed E-state index contributed by atoms with van der Waals surface area (Å²) in [6.45, 7) is 1.35. The highest BCUT2D eigenvalue weighted by Gasteiger charge is 2.20. The summed E-state index contributed by atoms with van der Waals surface area (Å²) in [5.41, 5.74) is 1.82. The van der Waals surface area contributed by atoms with Crippen LogP contribution in [0.1, 0.15) is 31.0 Å². The van der Waals surface area contributed by atoms with Gasteiger partial charge in [-0.1, -0.05) is 42.5 Å². The highest BCUT2D eigenvalue weighted by Crippen LogP contribution is 2.25. The van der Waals surface area contributed by atoms with Crippen molar-refractivity contribution in [3.63, 3.8) is 0 Å². The topological polar surface area (TPSA) is 50.4 Å². The SMILES string of the molecule is CCNC(=O)[C@@H](C)N[C@H](c1ccccc1)c1ccc(OC(F)F)cc1. The van der Waals surface area contributed by atoms with Crippen LogP contribution in [-0.4, -0.2) is 25.1 Å². The average molecular weight is 348 g/mol. The normalized spacial score (nSPS) is 13.3. The van der Waals surface area contributed by atoms with Crippen molar-refractivity contribution in [1.29, 1.82) is 0 Å². The molecule has 0 aromatic heterocycles. The van der Waals surface area contributed by atoms with E-state index in [1.807, 2.05) is 37.3 Å². The number of amides is 1. The zero-order valence-electron chi connectivity index (χ0n) is 14.2. The zero-order chi connectivity index (χ0) is 18.2. The Morgan fingerprint density at radius 1 is 1.04 bits per heavy atom. The fourth-order valence-corrected chi connectivity index (χ4v) is 2.53. The summed E-state index contributed by atoms with van der Waals surface area (Å²) >= 11 is 0. The van der Waals surface area contributed by atoms with Gasteiger partial charge in [0.2, 0.25) is 5.91 Å². The Balaban J connectivity index is 2.24. The summed E-state index contributed by atoms with van der Waals surface area (Å²) in [6, 6.07) is 15.4. The van der Waals surface area contributed by atoms with Crippen LogP contribution in [0.5, 0.6) is 5.75 Å². The Kier molecular flexibility index (Phi) is 6.89. The van der Waals surface area contributed by atoms with Crippen LogP contribution >= 0.6 is 0 Å².